The van der Waals surface area contributed by atoms with Crippen molar-refractivity contribution in [3.63, 3.8) is 0 Å². The molecule has 1 saturated heterocycles. The van der Waals surface area contributed by atoms with Crippen molar-refractivity contribution < 1.29 is 38.5 Å². The van der Waals surface area contributed by atoms with E-state index in [0.29, 0.717) is 40.6 Å². The Hall–Kier alpha value is -4.71. The fourth-order valence-electron chi connectivity index (χ4n) is 4.20. The van der Waals surface area contributed by atoms with Gasteiger partial charge in [0.2, 0.25) is 5.91 Å². The average molecular weight is 622 g/mol. The van der Waals surface area contributed by atoms with E-state index in [-0.39, 0.29) is 23.5 Å². The van der Waals surface area contributed by atoms with Crippen LogP contribution in [0.2, 0.25) is 0 Å². The van der Waals surface area contributed by atoms with Crippen LogP contribution in [0, 0.1) is 13.8 Å². The number of hydrogen-bond donors (Lipinski definition) is 3. The maximum Gasteiger partial charge on any atom is 0.414 e. The van der Waals surface area contributed by atoms with E-state index in [2.05, 4.69) is 10.6 Å². The van der Waals surface area contributed by atoms with E-state index in [0.717, 1.165) is 22.9 Å². The highest BCUT2D eigenvalue weighted by atomic mass is 32.2. The van der Waals surface area contributed by atoms with Gasteiger partial charge < -0.3 is 24.6 Å². The van der Waals surface area contributed by atoms with Gasteiger partial charge in [-0.2, -0.15) is 0 Å². The van der Waals surface area contributed by atoms with E-state index < -0.39 is 22.9 Å². The highest BCUT2D eigenvalue weighted by molar-refractivity contribution is 8.15. The predicted octanol–water partition coefficient (Wildman–Crippen LogP) is 6.08. The van der Waals surface area contributed by atoms with Crippen LogP contribution in [-0.2, 0) is 20.7 Å². The molecule has 3 aromatic carbocycles. The third-order valence-electron chi connectivity index (χ3n) is 6.69. The summed E-state index contributed by atoms with van der Waals surface area (Å²) in [6.45, 7) is 8.57. The largest absolute Gasteiger partial charge is 0.508 e. The Morgan fingerprint density at radius 3 is 2.32 bits per heavy atom. The van der Waals surface area contributed by atoms with E-state index >= 15 is 0 Å². The highest BCUT2D eigenvalue weighted by Gasteiger charge is 2.31. The fraction of sp³-hybridized carbons (Fsp3) is 0.312. The Morgan fingerprint density at radius 2 is 1.68 bits per heavy atom. The smallest absolute Gasteiger partial charge is 0.414 e. The summed E-state index contributed by atoms with van der Waals surface area (Å²) in [7, 11) is 1.53. The van der Waals surface area contributed by atoms with Gasteiger partial charge in [0.1, 0.15) is 28.6 Å². The Labute approximate surface area is 259 Å². The van der Waals surface area contributed by atoms with Crippen molar-refractivity contribution in [3.8, 4) is 23.0 Å². The lowest BCUT2D eigenvalue weighted by Crippen LogP contribution is -2.34. The average Bonchev–Trinajstić information content (AvgIpc) is 3.28. The Morgan fingerprint density at radius 1 is 1.00 bits per heavy atom. The van der Waals surface area contributed by atoms with E-state index in [1.54, 1.807) is 82.3 Å². The molecule has 3 aromatic rings. The number of benzene rings is 3. The van der Waals surface area contributed by atoms with Crippen LogP contribution < -0.4 is 25.0 Å². The first kappa shape index (κ1) is 32.2. The second kappa shape index (κ2) is 13.3. The minimum atomic E-state index is -0.743. The molecule has 0 aromatic heterocycles. The molecule has 4 amide bonds. The Balaban J connectivity index is 1.46. The van der Waals surface area contributed by atoms with E-state index in [1.165, 1.54) is 11.9 Å². The van der Waals surface area contributed by atoms with Gasteiger partial charge in [0.05, 0.1) is 16.6 Å². The first-order valence-corrected chi connectivity index (χ1v) is 14.7. The monoisotopic (exact) mass is 621 g/mol. The van der Waals surface area contributed by atoms with Gasteiger partial charge in [-0.05, 0) is 94.1 Å². The first-order chi connectivity index (χ1) is 20.7. The van der Waals surface area contributed by atoms with Crippen LogP contribution in [0.25, 0.3) is 0 Å². The molecule has 1 unspecified atom stereocenters. The summed E-state index contributed by atoms with van der Waals surface area (Å²) >= 11 is 0.965. The van der Waals surface area contributed by atoms with Crippen molar-refractivity contribution in [2.45, 2.75) is 51.9 Å². The molecule has 0 bridgehead atoms. The number of amides is 4. The SMILES string of the molecule is Cc1c(O)ccc(Oc2ccc(NC(=O)COc3ccc(CC4SC(=O)NC4=O)cc3)c(N(C)C(=O)OC(C)(C)C)c2)c1C. The molecule has 1 heterocycles. The second-order valence-electron chi connectivity index (χ2n) is 11.2. The van der Waals surface area contributed by atoms with Crippen molar-refractivity contribution in [2.75, 3.05) is 23.9 Å². The standard InChI is InChI=1S/C32H35N3O8S/c1-18-19(2)26(14-13-25(18)36)42-22-11-12-23(24(16-22)35(6)31(40)43-32(3,4)5)33-28(37)17-41-21-9-7-20(8-10-21)15-27-29(38)34-30(39)44-27/h7-14,16,27,36H,15,17H2,1-6H3,(H,33,37)(H,34,38,39). The maximum absolute atomic E-state index is 12.9. The molecule has 11 nitrogen and oxygen atoms in total. The zero-order valence-corrected chi connectivity index (χ0v) is 26.2. The van der Waals surface area contributed by atoms with E-state index in [4.69, 9.17) is 14.2 Å². The van der Waals surface area contributed by atoms with E-state index in [1.807, 2.05) is 6.92 Å². The number of imide groups is 1. The van der Waals surface area contributed by atoms with Gasteiger partial charge in [-0.1, -0.05) is 23.9 Å². The first-order valence-electron chi connectivity index (χ1n) is 13.8. The minimum Gasteiger partial charge on any atom is -0.508 e. The summed E-state index contributed by atoms with van der Waals surface area (Å²) in [6, 6.07) is 15.0. The van der Waals surface area contributed by atoms with Crippen molar-refractivity contribution in [3.05, 3.63) is 71.3 Å². The fourth-order valence-corrected chi connectivity index (χ4v) is 5.06. The van der Waals surface area contributed by atoms with Gasteiger partial charge in [0, 0.05) is 13.1 Å². The number of ether oxygens (including phenoxy) is 3. The molecule has 0 saturated carbocycles. The summed E-state index contributed by atoms with van der Waals surface area (Å²) in [5, 5.41) is 14.2. The number of phenolic OH excluding ortho intramolecular Hbond substituents is 1. The van der Waals surface area contributed by atoms with Crippen LogP contribution in [0.5, 0.6) is 23.0 Å². The molecule has 12 heteroatoms. The normalized spacial score (nSPS) is 14.5. The zero-order chi connectivity index (χ0) is 32.2. The van der Waals surface area contributed by atoms with Gasteiger partial charge in [-0.25, -0.2) is 4.79 Å². The van der Waals surface area contributed by atoms with Crippen LogP contribution in [-0.4, -0.2) is 52.8 Å². The maximum atomic E-state index is 12.9. The lowest BCUT2D eigenvalue weighted by atomic mass is 10.1. The molecule has 1 fully saturated rings. The molecule has 0 aliphatic carbocycles. The number of hydrogen-bond acceptors (Lipinski definition) is 9. The summed E-state index contributed by atoms with van der Waals surface area (Å²) in [5.41, 5.74) is 2.20. The quantitative estimate of drug-likeness (QED) is 0.259. The molecular formula is C32H35N3O8S. The number of carbonyl (C=O) groups is 4. The molecule has 1 aliphatic rings. The molecule has 0 radical (unpaired) electrons. The lowest BCUT2D eigenvalue weighted by Gasteiger charge is -2.26. The Kier molecular flexibility index (Phi) is 9.73. The van der Waals surface area contributed by atoms with Crippen LogP contribution in [0.15, 0.2) is 54.6 Å². The molecule has 44 heavy (non-hydrogen) atoms. The molecular weight excluding hydrogens is 586 g/mol. The number of rotatable bonds is 9. The number of nitrogens with one attached hydrogen (secondary N) is 2. The van der Waals surface area contributed by atoms with Gasteiger partial charge in [-0.15, -0.1) is 0 Å². The zero-order valence-electron chi connectivity index (χ0n) is 25.3. The molecule has 1 aliphatic heterocycles. The predicted molar refractivity (Wildman–Crippen MR) is 168 cm³/mol. The van der Waals surface area contributed by atoms with Crippen LogP contribution in [0.3, 0.4) is 0 Å². The highest BCUT2D eigenvalue weighted by Crippen LogP contribution is 2.36. The third kappa shape index (κ3) is 8.22. The summed E-state index contributed by atoms with van der Waals surface area (Å²) in [6.07, 6.45) is -0.237. The van der Waals surface area contributed by atoms with Crippen LogP contribution >= 0.6 is 11.8 Å². The van der Waals surface area contributed by atoms with Crippen molar-refractivity contribution >= 4 is 46.3 Å². The van der Waals surface area contributed by atoms with Crippen LogP contribution in [0.1, 0.15) is 37.5 Å². The van der Waals surface area contributed by atoms with Gasteiger partial charge >= 0.3 is 6.09 Å². The summed E-state index contributed by atoms with van der Waals surface area (Å²) in [5.74, 6) is 0.754. The number of nitrogens with zero attached hydrogens (tertiary/aromatic N) is 1. The molecule has 4 rings (SSSR count). The van der Waals surface area contributed by atoms with E-state index in [9.17, 15) is 24.3 Å². The van der Waals surface area contributed by atoms with Gasteiger partial charge in [0.25, 0.3) is 11.1 Å². The Bertz CT molecular complexity index is 1580. The van der Waals surface area contributed by atoms with Crippen molar-refractivity contribution in [1.29, 1.82) is 0 Å². The molecule has 1 atom stereocenters. The van der Waals surface area contributed by atoms with Crippen LogP contribution in [0.4, 0.5) is 21.0 Å². The minimum absolute atomic E-state index is 0.159. The van der Waals surface area contributed by atoms with Gasteiger partial charge in [-0.3, -0.25) is 24.6 Å². The number of anilines is 2. The summed E-state index contributed by atoms with van der Waals surface area (Å²) in [4.78, 5) is 50.3. The number of phenols is 1. The van der Waals surface area contributed by atoms with Crippen molar-refractivity contribution in [2.24, 2.45) is 0 Å². The van der Waals surface area contributed by atoms with Crippen molar-refractivity contribution in [1.82, 2.24) is 5.32 Å². The summed E-state index contributed by atoms with van der Waals surface area (Å²) < 4.78 is 17.3. The number of carbonyl (C=O) groups excluding carboxylic acids is 4. The van der Waals surface area contributed by atoms with Gasteiger partial charge in [0.15, 0.2) is 6.61 Å². The molecule has 3 N–H and O–H groups in total. The lowest BCUT2D eigenvalue weighted by molar-refractivity contribution is -0.119. The topological polar surface area (TPSA) is 144 Å². The molecule has 0 spiro atoms. The second-order valence-corrected chi connectivity index (χ2v) is 12.4. The molecule has 232 valence electrons. The number of aromatic hydroxyl groups is 1. The third-order valence-corrected chi connectivity index (χ3v) is 7.67. The number of thioether (sulfide) groups is 1.